The van der Waals surface area contributed by atoms with Crippen molar-refractivity contribution >= 4 is 11.3 Å². The molecule has 1 aliphatic carbocycles. The first-order valence-electron chi connectivity index (χ1n) is 5.96. The predicted octanol–water partition coefficient (Wildman–Crippen LogP) is 2.41. The van der Waals surface area contributed by atoms with Gasteiger partial charge in [0.25, 0.3) is 0 Å². The molecule has 1 aromatic heterocycles. The van der Waals surface area contributed by atoms with Gasteiger partial charge in [0.05, 0.1) is 16.8 Å². The fourth-order valence-corrected chi connectivity index (χ4v) is 3.21. The van der Waals surface area contributed by atoms with Gasteiger partial charge in [0.15, 0.2) is 0 Å². The van der Waals surface area contributed by atoms with Crippen LogP contribution in [0.4, 0.5) is 0 Å². The summed E-state index contributed by atoms with van der Waals surface area (Å²) in [5.74, 6) is 0. The monoisotopic (exact) mass is 240 g/mol. The van der Waals surface area contributed by atoms with Crippen molar-refractivity contribution in [3.63, 3.8) is 0 Å². The number of hydrogen-bond acceptors (Lipinski definition) is 4. The van der Waals surface area contributed by atoms with Gasteiger partial charge in [0, 0.05) is 17.5 Å². The van der Waals surface area contributed by atoms with E-state index >= 15 is 0 Å². The molecule has 0 aliphatic heterocycles. The van der Waals surface area contributed by atoms with E-state index in [2.05, 4.69) is 17.2 Å². The molecule has 1 saturated carbocycles. The van der Waals surface area contributed by atoms with Crippen LogP contribution in [0.3, 0.4) is 0 Å². The lowest BCUT2D eigenvalue weighted by Gasteiger charge is -2.25. The lowest BCUT2D eigenvalue weighted by Crippen LogP contribution is -2.38. The lowest BCUT2D eigenvalue weighted by atomic mass is 10.0. The normalized spacial score (nSPS) is 21.2. The summed E-state index contributed by atoms with van der Waals surface area (Å²) in [6, 6.07) is 0.289. The molecule has 4 heteroatoms. The lowest BCUT2D eigenvalue weighted by molar-refractivity contribution is 0.0454. The molecule has 2 rings (SSSR count). The number of nitrogens with zero attached hydrogens (tertiary/aromatic N) is 1. The second kappa shape index (κ2) is 4.82. The maximum absolute atomic E-state index is 10.2. The largest absolute Gasteiger partial charge is 0.389 e. The van der Waals surface area contributed by atoms with Crippen molar-refractivity contribution in [2.24, 2.45) is 0 Å². The Morgan fingerprint density at radius 3 is 2.81 bits per heavy atom. The molecule has 16 heavy (non-hydrogen) atoms. The van der Waals surface area contributed by atoms with Crippen molar-refractivity contribution in [1.82, 2.24) is 10.3 Å². The second-order valence-electron chi connectivity index (χ2n) is 4.84. The Balaban J connectivity index is 1.88. The molecule has 0 aromatic carbocycles. The fourth-order valence-electron chi connectivity index (χ4n) is 2.37. The number of thiazole rings is 1. The molecule has 1 aliphatic rings. The minimum Gasteiger partial charge on any atom is -0.389 e. The van der Waals surface area contributed by atoms with Crippen molar-refractivity contribution in [3.05, 3.63) is 16.1 Å². The van der Waals surface area contributed by atoms with E-state index in [4.69, 9.17) is 0 Å². The molecule has 2 N–H and O–H groups in total. The maximum atomic E-state index is 10.2. The summed E-state index contributed by atoms with van der Waals surface area (Å²) in [7, 11) is 0. The Morgan fingerprint density at radius 1 is 1.56 bits per heavy atom. The molecule has 1 aromatic rings. The summed E-state index contributed by atoms with van der Waals surface area (Å²) in [4.78, 5) is 5.53. The first kappa shape index (κ1) is 12.0. The van der Waals surface area contributed by atoms with Crippen LogP contribution in [0.2, 0.25) is 0 Å². The van der Waals surface area contributed by atoms with Gasteiger partial charge in [-0.15, -0.1) is 11.3 Å². The Hall–Kier alpha value is -0.450. The molecular formula is C12H20N2OS. The van der Waals surface area contributed by atoms with Gasteiger partial charge in [-0.2, -0.15) is 0 Å². The van der Waals surface area contributed by atoms with Gasteiger partial charge in [-0.05, 0) is 26.7 Å². The standard InChI is InChI=1S/C12H20N2OS/c1-9(11-10(2)14-8-16-11)13-7-12(15)5-3-4-6-12/h8-9,13,15H,3-7H2,1-2H3. The number of rotatable bonds is 4. The Kier molecular flexibility index (Phi) is 3.62. The predicted molar refractivity (Wildman–Crippen MR) is 66.7 cm³/mol. The van der Waals surface area contributed by atoms with E-state index in [9.17, 15) is 5.11 Å². The number of aliphatic hydroxyl groups is 1. The summed E-state index contributed by atoms with van der Waals surface area (Å²) < 4.78 is 0. The van der Waals surface area contributed by atoms with Crippen LogP contribution in [-0.4, -0.2) is 22.2 Å². The van der Waals surface area contributed by atoms with Crippen molar-refractivity contribution < 1.29 is 5.11 Å². The van der Waals surface area contributed by atoms with E-state index in [0.717, 1.165) is 31.4 Å². The van der Waals surface area contributed by atoms with Crippen LogP contribution in [-0.2, 0) is 0 Å². The van der Waals surface area contributed by atoms with Crippen LogP contribution < -0.4 is 5.32 Å². The van der Waals surface area contributed by atoms with Crippen LogP contribution in [0.15, 0.2) is 5.51 Å². The molecule has 0 spiro atoms. The number of aryl methyl sites for hydroxylation is 1. The highest BCUT2D eigenvalue weighted by molar-refractivity contribution is 7.09. The smallest absolute Gasteiger partial charge is 0.0798 e. The maximum Gasteiger partial charge on any atom is 0.0798 e. The van der Waals surface area contributed by atoms with E-state index in [1.807, 2.05) is 12.4 Å². The number of hydrogen-bond donors (Lipinski definition) is 2. The van der Waals surface area contributed by atoms with E-state index in [0.29, 0.717) is 6.54 Å². The third-order valence-electron chi connectivity index (χ3n) is 3.45. The third kappa shape index (κ3) is 2.62. The summed E-state index contributed by atoms with van der Waals surface area (Å²) >= 11 is 1.68. The second-order valence-corrected chi connectivity index (χ2v) is 5.72. The zero-order valence-corrected chi connectivity index (χ0v) is 10.8. The molecule has 1 heterocycles. The topological polar surface area (TPSA) is 45.2 Å². The summed E-state index contributed by atoms with van der Waals surface area (Å²) in [5, 5.41) is 13.7. The van der Waals surface area contributed by atoms with E-state index in [-0.39, 0.29) is 6.04 Å². The zero-order chi connectivity index (χ0) is 11.6. The molecule has 0 amide bonds. The van der Waals surface area contributed by atoms with E-state index in [1.54, 1.807) is 11.3 Å². The van der Waals surface area contributed by atoms with Crippen molar-refractivity contribution in [3.8, 4) is 0 Å². The van der Waals surface area contributed by atoms with Crippen LogP contribution in [0.1, 0.15) is 49.2 Å². The first-order chi connectivity index (χ1) is 7.61. The molecule has 0 radical (unpaired) electrons. The highest BCUT2D eigenvalue weighted by atomic mass is 32.1. The minimum atomic E-state index is -0.465. The minimum absolute atomic E-state index is 0.289. The Bertz CT molecular complexity index is 345. The Labute approximate surface area is 101 Å². The van der Waals surface area contributed by atoms with Gasteiger partial charge in [0.1, 0.15) is 0 Å². The van der Waals surface area contributed by atoms with Gasteiger partial charge in [0.2, 0.25) is 0 Å². The molecule has 3 nitrogen and oxygen atoms in total. The van der Waals surface area contributed by atoms with Crippen LogP contribution in [0.5, 0.6) is 0 Å². The van der Waals surface area contributed by atoms with E-state index < -0.39 is 5.60 Å². The third-order valence-corrected chi connectivity index (χ3v) is 4.56. The van der Waals surface area contributed by atoms with Gasteiger partial charge >= 0.3 is 0 Å². The molecule has 1 fully saturated rings. The highest BCUT2D eigenvalue weighted by Gasteiger charge is 2.31. The number of aromatic nitrogens is 1. The Morgan fingerprint density at radius 2 is 2.25 bits per heavy atom. The van der Waals surface area contributed by atoms with Crippen LogP contribution >= 0.6 is 11.3 Å². The average Bonchev–Trinajstić information content (AvgIpc) is 2.85. The van der Waals surface area contributed by atoms with Crippen molar-refractivity contribution in [1.29, 1.82) is 0 Å². The molecule has 0 saturated heterocycles. The van der Waals surface area contributed by atoms with Gasteiger partial charge in [-0.25, -0.2) is 4.98 Å². The van der Waals surface area contributed by atoms with Gasteiger partial charge in [-0.3, -0.25) is 0 Å². The number of nitrogens with one attached hydrogen (secondary N) is 1. The molecule has 90 valence electrons. The molecule has 0 bridgehead atoms. The van der Waals surface area contributed by atoms with Gasteiger partial charge in [-0.1, -0.05) is 12.8 Å². The van der Waals surface area contributed by atoms with Crippen LogP contribution in [0, 0.1) is 6.92 Å². The zero-order valence-electron chi connectivity index (χ0n) is 9.99. The van der Waals surface area contributed by atoms with E-state index in [1.165, 1.54) is 4.88 Å². The van der Waals surface area contributed by atoms with Crippen molar-refractivity contribution in [2.75, 3.05) is 6.54 Å². The molecule has 1 unspecified atom stereocenters. The SMILES string of the molecule is Cc1ncsc1C(C)NCC1(O)CCCC1. The summed E-state index contributed by atoms with van der Waals surface area (Å²) in [6.45, 7) is 4.87. The highest BCUT2D eigenvalue weighted by Crippen LogP contribution is 2.30. The summed E-state index contributed by atoms with van der Waals surface area (Å²) in [5.41, 5.74) is 2.52. The fraction of sp³-hybridized carbons (Fsp3) is 0.750. The van der Waals surface area contributed by atoms with Gasteiger partial charge < -0.3 is 10.4 Å². The molecule has 1 atom stereocenters. The first-order valence-corrected chi connectivity index (χ1v) is 6.84. The quantitative estimate of drug-likeness (QED) is 0.849. The van der Waals surface area contributed by atoms with Crippen LogP contribution in [0.25, 0.3) is 0 Å². The van der Waals surface area contributed by atoms with Crippen molar-refractivity contribution in [2.45, 2.75) is 51.2 Å². The molecular weight excluding hydrogens is 220 g/mol. The average molecular weight is 240 g/mol. The summed E-state index contributed by atoms with van der Waals surface area (Å²) in [6.07, 6.45) is 4.20.